The molecule has 3 heterocycles. The van der Waals surface area contributed by atoms with Gasteiger partial charge in [-0.05, 0) is 55.8 Å². The average Bonchev–Trinajstić information content (AvgIpc) is 3.29. The summed E-state index contributed by atoms with van der Waals surface area (Å²) in [5, 5.41) is 3.09. The second kappa shape index (κ2) is 9.37. The van der Waals surface area contributed by atoms with Crippen molar-refractivity contribution in [3.8, 4) is 11.3 Å². The van der Waals surface area contributed by atoms with Gasteiger partial charge in [0, 0.05) is 44.0 Å². The maximum Gasteiger partial charge on any atom is 0.228 e. The minimum Gasteiger partial charge on any atom is -0.464 e. The first-order valence-electron chi connectivity index (χ1n) is 10.3. The third kappa shape index (κ3) is 5.01. The maximum atomic E-state index is 12.7. The molecule has 1 N–H and O–H groups in total. The smallest absolute Gasteiger partial charge is 0.228 e. The average molecular weight is 383 g/mol. The van der Waals surface area contributed by atoms with Crippen molar-refractivity contribution in [1.29, 1.82) is 0 Å². The van der Waals surface area contributed by atoms with Crippen LogP contribution in [0.1, 0.15) is 12.8 Å². The number of carbonyl (C=O) groups excluding carboxylic acids is 1. The van der Waals surface area contributed by atoms with E-state index in [-0.39, 0.29) is 11.8 Å². The summed E-state index contributed by atoms with van der Waals surface area (Å²) in [4.78, 5) is 17.6. The predicted molar refractivity (Wildman–Crippen MR) is 109 cm³/mol. The summed E-state index contributed by atoms with van der Waals surface area (Å²) in [5.74, 6) is 1.02. The molecule has 6 nitrogen and oxygen atoms in total. The third-order valence-electron chi connectivity index (χ3n) is 5.67. The lowest BCUT2D eigenvalue weighted by Gasteiger charge is -2.34. The Labute approximate surface area is 166 Å². The van der Waals surface area contributed by atoms with Crippen LogP contribution >= 0.6 is 0 Å². The quantitative estimate of drug-likeness (QED) is 0.831. The van der Waals surface area contributed by atoms with E-state index >= 15 is 0 Å². The highest BCUT2D eigenvalue weighted by Crippen LogP contribution is 2.23. The van der Waals surface area contributed by atoms with Gasteiger partial charge in [0.25, 0.3) is 0 Å². The molecule has 6 heteroatoms. The van der Waals surface area contributed by atoms with Gasteiger partial charge in [0.15, 0.2) is 0 Å². The second-order valence-electron chi connectivity index (χ2n) is 7.64. The Morgan fingerprint density at radius 1 is 1.04 bits per heavy atom. The number of anilines is 1. The van der Waals surface area contributed by atoms with E-state index in [1.54, 1.807) is 6.26 Å². The van der Waals surface area contributed by atoms with Crippen molar-refractivity contribution in [2.45, 2.75) is 12.8 Å². The van der Waals surface area contributed by atoms with E-state index in [0.29, 0.717) is 0 Å². The van der Waals surface area contributed by atoms with E-state index in [4.69, 9.17) is 9.15 Å². The van der Waals surface area contributed by atoms with Crippen LogP contribution in [0.4, 0.5) is 5.69 Å². The van der Waals surface area contributed by atoms with Crippen LogP contribution in [0.25, 0.3) is 11.3 Å². The molecule has 1 aromatic heterocycles. The number of hydrogen-bond acceptors (Lipinski definition) is 5. The number of rotatable bonds is 6. The van der Waals surface area contributed by atoms with E-state index in [1.807, 2.05) is 36.4 Å². The van der Waals surface area contributed by atoms with E-state index in [9.17, 15) is 4.79 Å². The lowest BCUT2D eigenvalue weighted by Crippen LogP contribution is -2.45. The first-order valence-corrected chi connectivity index (χ1v) is 10.3. The zero-order chi connectivity index (χ0) is 19.2. The SMILES string of the molecule is O=C(Nc1ccc(-c2ccco2)cc1)C1CCCN(CCN2CCOCC2)C1. The Bertz CT molecular complexity index is 739. The second-order valence-corrected chi connectivity index (χ2v) is 7.64. The summed E-state index contributed by atoms with van der Waals surface area (Å²) < 4.78 is 10.8. The van der Waals surface area contributed by atoms with Gasteiger partial charge in [0.05, 0.1) is 25.4 Å². The van der Waals surface area contributed by atoms with Crippen LogP contribution in [0, 0.1) is 5.92 Å². The molecule has 0 saturated carbocycles. The Morgan fingerprint density at radius 3 is 2.57 bits per heavy atom. The van der Waals surface area contributed by atoms with E-state index < -0.39 is 0 Å². The van der Waals surface area contributed by atoms with Crippen molar-refractivity contribution in [3.05, 3.63) is 42.7 Å². The van der Waals surface area contributed by atoms with E-state index in [0.717, 1.165) is 82.3 Å². The van der Waals surface area contributed by atoms with Gasteiger partial charge in [-0.2, -0.15) is 0 Å². The molecular formula is C22H29N3O3. The fourth-order valence-electron chi connectivity index (χ4n) is 3.99. The number of carbonyl (C=O) groups is 1. The molecule has 4 rings (SSSR count). The molecule has 2 aliphatic rings. The van der Waals surface area contributed by atoms with Crippen LogP contribution in [0.2, 0.25) is 0 Å². The molecule has 150 valence electrons. The van der Waals surface area contributed by atoms with Crippen molar-refractivity contribution in [1.82, 2.24) is 9.80 Å². The molecule has 1 aromatic carbocycles. The van der Waals surface area contributed by atoms with Gasteiger partial charge in [0.1, 0.15) is 5.76 Å². The maximum absolute atomic E-state index is 12.7. The Morgan fingerprint density at radius 2 is 1.82 bits per heavy atom. The standard InChI is InChI=1S/C22H29N3O3/c26-22(23-20-7-5-18(6-8-20)21-4-2-14-28-21)19-3-1-9-25(17-19)11-10-24-12-15-27-16-13-24/h2,4-8,14,19H,1,3,9-13,15-17H2,(H,23,26). The summed E-state index contributed by atoms with van der Waals surface area (Å²) in [6, 6.07) is 11.6. The lowest BCUT2D eigenvalue weighted by molar-refractivity contribution is -0.121. The van der Waals surface area contributed by atoms with E-state index in [2.05, 4.69) is 15.1 Å². The van der Waals surface area contributed by atoms with Gasteiger partial charge >= 0.3 is 0 Å². The molecule has 0 radical (unpaired) electrons. The molecule has 28 heavy (non-hydrogen) atoms. The summed E-state index contributed by atoms with van der Waals surface area (Å²) in [6.07, 6.45) is 3.71. The number of ether oxygens (including phenoxy) is 1. The first kappa shape index (κ1) is 19.2. The topological polar surface area (TPSA) is 58.0 Å². The van der Waals surface area contributed by atoms with Crippen molar-refractivity contribution in [2.75, 3.05) is 57.8 Å². The fraction of sp³-hybridized carbons (Fsp3) is 0.500. The summed E-state index contributed by atoms with van der Waals surface area (Å²) in [7, 11) is 0. The van der Waals surface area contributed by atoms with Gasteiger partial charge in [0.2, 0.25) is 5.91 Å². The molecule has 2 aromatic rings. The highest BCUT2D eigenvalue weighted by atomic mass is 16.5. The zero-order valence-electron chi connectivity index (χ0n) is 16.3. The highest BCUT2D eigenvalue weighted by Gasteiger charge is 2.26. The summed E-state index contributed by atoms with van der Waals surface area (Å²) in [5.41, 5.74) is 1.85. The number of piperidine rings is 1. The van der Waals surface area contributed by atoms with Gasteiger partial charge in [-0.3, -0.25) is 9.69 Å². The molecule has 0 aliphatic carbocycles. The number of furan rings is 1. The van der Waals surface area contributed by atoms with Crippen molar-refractivity contribution in [2.24, 2.45) is 5.92 Å². The lowest BCUT2D eigenvalue weighted by atomic mass is 9.97. The molecule has 2 fully saturated rings. The number of hydrogen-bond donors (Lipinski definition) is 1. The Kier molecular flexibility index (Phi) is 6.41. The monoisotopic (exact) mass is 383 g/mol. The van der Waals surface area contributed by atoms with E-state index in [1.165, 1.54) is 0 Å². The molecule has 2 saturated heterocycles. The molecule has 0 bridgehead atoms. The molecule has 1 atom stereocenters. The Balaban J connectivity index is 1.26. The summed E-state index contributed by atoms with van der Waals surface area (Å²) >= 11 is 0. The predicted octanol–water partition coefficient (Wildman–Crippen LogP) is 2.93. The van der Waals surface area contributed by atoms with Crippen LogP contribution in [0.5, 0.6) is 0 Å². The minimum absolute atomic E-state index is 0.0585. The van der Waals surface area contributed by atoms with Gasteiger partial charge < -0.3 is 19.4 Å². The number of benzene rings is 1. The van der Waals surface area contributed by atoms with Gasteiger partial charge in [-0.15, -0.1) is 0 Å². The first-order chi connectivity index (χ1) is 13.8. The zero-order valence-corrected chi connectivity index (χ0v) is 16.3. The van der Waals surface area contributed by atoms with Crippen molar-refractivity contribution in [3.63, 3.8) is 0 Å². The number of nitrogens with one attached hydrogen (secondary N) is 1. The van der Waals surface area contributed by atoms with Crippen LogP contribution in [-0.2, 0) is 9.53 Å². The van der Waals surface area contributed by atoms with Crippen molar-refractivity contribution >= 4 is 11.6 Å². The van der Waals surface area contributed by atoms with Crippen molar-refractivity contribution < 1.29 is 13.9 Å². The third-order valence-corrected chi connectivity index (χ3v) is 5.67. The van der Waals surface area contributed by atoms with Crippen LogP contribution < -0.4 is 5.32 Å². The molecular weight excluding hydrogens is 354 g/mol. The van der Waals surface area contributed by atoms with Crippen LogP contribution in [0.3, 0.4) is 0 Å². The highest BCUT2D eigenvalue weighted by molar-refractivity contribution is 5.93. The fourth-order valence-corrected chi connectivity index (χ4v) is 3.99. The number of nitrogens with zero attached hydrogens (tertiary/aromatic N) is 2. The number of morpholine rings is 1. The van der Waals surface area contributed by atoms with Crippen LogP contribution in [0.15, 0.2) is 47.1 Å². The molecule has 1 amide bonds. The molecule has 2 aliphatic heterocycles. The largest absolute Gasteiger partial charge is 0.464 e. The van der Waals surface area contributed by atoms with Gasteiger partial charge in [-0.25, -0.2) is 0 Å². The number of likely N-dealkylation sites (tertiary alicyclic amines) is 1. The normalized spacial score (nSPS) is 21.5. The van der Waals surface area contributed by atoms with Gasteiger partial charge in [-0.1, -0.05) is 0 Å². The number of amides is 1. The Hall–Kier alpha value is -2.15. The summed E-state index contributed by atoms with van der Waals surface area (Å²) in [6.45, 7) is 7.74. The molecule has 0 spiro atoms. The minimum atomic E-state index is 0.0585. The van der Waals surface area contributed by atoms with Crippen LogP contribution in [-0.4, -0.2) is 68.2 Å². The molecule has 1 unspecified atom stereocenters.